The molecule has 0 saturated carbocycles. The third kappa shape index (κ3) is 3.86. The van der Waals surface area contributed by atoms with Gasteiger partial charge in [0.25, 0.3) is 0 Å². The molecule has 160 valence electrons. The van der Waals surface area contributed by atoms with Gasteiger partial charge in [-0.25, -0.2) is 8.91 Å². The standard InChI is InChI=1S/C20H14ClF4N5O/c1-29-14(7-8-26-19(29)21)15-16(28-30-9-3-6-13(22)17(15)30)11-4-2-5-12(10-11)27-18(31)20(23,24)25/h2-10,19H,1H3,(H,27,31). The fourth-order valence-corrected chi connectivity index (χ4v) is 3.40. The zero-order chi connectivity index (χ0) is 22.3. The van der Waals surface area contributed by atoms with Crippen molar-refractivity contribution < 1.29 is 22.4 Å². The molecule has 3 aromatic rings. The van der Waals surface area contributed by atoms with Gasteiger partial charge in [-0.15, -0.1) is 0 Å². The highest BCUT2D eigenvalue weighted by molar-refractivity contribution is 6.21. The summed E-state index contributed by atoms with van der Waals surface area (Å²) in [5.74, 6) is -2.64. The maximum atomic E-state index is 14.8. The Hall–Kier alpha value is -3.40. The molecule has 1 atom stereocenters. The Morgan fingerprint density at radius 3 is 2.74 bits per heavy atom. The zero-order valence-electron chi connectivity index (χ0n) is 15.9. The summed E-state index contributed by atoms with van der Waals surface area (Å²) in [5, 5.41) is 6.25. The molecule has 0 aliphatic carbocycles. The maximum Gasteiger partial charge on any atom is 0.471 e. The number of benzene rings is 1. The van der Waals surface area contributed by atoms with Gasteiger partial charge in [0, 0.05) is 30.7 Å². The Labute approximate surface area is 178 Å². The number of nitrogens with zero attached hydrogens (tertiary/aromatic N) is 4. The Kier molecular flexibility index (Phi) is 5.18. The number of aromatic nitrogens is 2. The van der Waals surface area contributed by atoms with Crippen LogP contribution in [-0.2, 0) is 4.79 Å². The van der Waals surface area contributed by atoms with Gasteiger partial charge in [-0.05, 0) is 30.3 Å². The number of hydrogen-bond acceptors (Lipinski definition) is 4. The summed E-state index contributed by atoms with van der Waals surface area (Å²) >= 11 is 6.21. The Balaban J connectivity index is 1.89. The molecule has 1 aliphatic heterocycles. The van der Waals surface area contributed by atoms with Crippen molar-refractivity contribution in [2.24, 2.45) is 4.99 Å². The highest BCUT2D eigenvalue weighted by Gasteiger charge is 2.38. The molecule has 0 radical (unpaired) electrons. The number of anilines is 1. The molecule has 1 amide bonds. The number of carbonyl (C=O) groups is 1. The van der Waals surface area contributed by atoms with Crippen LogP contribution in [0, 0.1) is 5.82 Å². The number of hydrogen-bond donors (Lipinski definition) is 1. The number of aliphatic imine (C=N–C) groups is 1. The van der Waals surface area contributed by atoms with Crippen LogP contribution in [0.15, 0.2) is 53.7 Å². The highest BCUT2D eigenvalue weighted by atomic mass is 35.5. The van der Waals surface area contributed by atoms with Crippen molar-refractivity contribution in [1.82, 2.24) is 14.5 Å². The average Bonchev–Trinajstić information content (AvgIpc) is 3.10. The van der Waals surface area contributed by atoms with E-state index in [4.69, 9.17) is 11.6 Å². The molecule has 31 heavy (non-hydrogen) atoms. The predicted octanol–water partition coefficient (Wildman–Crippen LogP) is 4.52. The van der Waals surface area contributed by atoms with Crippen LogP contribution in [0.3, 0.4) is 0 Å². The van der Waals surface area contributed by atoms with Gasteiger partial charge in [-0.1, -0.05) is 23.7 Å². The smallest absolute Gasteiger partial charge is 0.340 e. The van der Waals surface area contributed by atoms with Crippen molar-refractivity contribution in [3.8, 4) is 11.3 Å². The first kappa shape index (κ1) is 20.9. The SMILES string of the molecule is CN1C(c2c(-c3cccc(NC(=O)C(F)(F)F)c3)nn3cccc(F)c23)=CC=NC1Cl. The summed E-state index contributed by atoms with van der Waals surface area (Å²) in [7, 11) is 1.67. The second kappa shape index (κ2) is 7.69. The van der Waals surface area contributed by atoms with Crippen LogP contribution in [0.1, 0.15) is 5.56 Å². The molecule has 0 saturated heterocycles. The molecule has 0 fully saturated rings. The minimum Gasteiger partial charge on any atom is -0.340 e. The molecule has 1 N–H and O–H groups in total. The lowest BCUT2D eigenvalue weighted by molar-refractivity contribution is -0.167. The summed E-state index contributed by atoms with van der Waals surface area (Å²) in [5.41, 5.74) is 0.940. The second-order valence-corrected chi connectivity index (χ2v) is 7.07. The second-order valence-electron chi connectivity index (χ2n) is 6.68. The molecule has 3 heterocycles. The van der Waals surface area contributed by atoms with Crippen LogP contribution in [0.2, 0.25) is 0 Å². The number of nitrogens with one attached hydrogen (secondary N) is 1. The Bertz CT molecular complexity index is 1230. The lowest BCUT2D eigenvalue weighted by Gasteiger charge is -2.27. The number of pyridine rings is 1. The molecule has 0 bridgehead atoms. The summed E-state index contributed by atoms with van der Waals surface area (Å²) < 4.78 is 54.0. The summed E-state index contributed by atoms with van der Waals surface area (Å²) in [6, 6.07) is 8.48. The maximum absolute atomic E-state index is 14.8. The largest absolute Gasteiger partial charge is 0.471 e. The summed E-state index contributed by atoms with van der Waals surface area (Å²) in [6.07, 6.45) is -0.351. The van der Waals surface area contributed by atoms with E-state index in [0.29, 0.717) is 22.5 Å². The molecule has 0 spiro atoms. The van der Waals surface area contributed by atoms with Crippen LogP contribution in [0.5, 0.6) is 0 Å². The van der Waals surface area contributed by atoms with Crippen molar-refractivity contribution >= 4 is 40.6 Å². The van der Waals surface area contributed by atoms with Gasteiger partial charge in [0.05, 0.1) is 11.3 Å². The molecule has 2 aromatic heterocycles. The van der Waals surface area contributed by atoms with Crippen LogP contribution in [0.25, 0.3) is 22.5 Å². The molecule has 11 heteroatoms. The Morgan fingerprint density at radius 2 is 2.00 bits per heavy atom. The first-order valence-corrected chi connectivity index (χ1v) is 9.36. The number of rotatable bonds is 3. The molecule has 4 rings (SSSR count). The van der Waals surface area contributed by atoms with E-state index in [-0.39, 0.29) is 11.2 Å². The van der Waals surface area contributed by atoms with Gasteiger partial charge in [0.1, 0.15) is 17.0 Å². The van der Waals surface area contributed by atoms with Crippen LogP contribution < -0.4 is 5.32 Å². The van der Waals surface area contributed by atoms with E-state index in [0.717, 1.165) is 0 Å². The van der Waals surface area contributed by atoms with E-state index < -0.39 is 23.5 Å². The lowest BCUT2D eigenvalue weighted by atomic mass is 10.0. The number of carbonyl (C=O) groups excluding carboxylic acids is 1. The number of allylic oxidation sites excluding steroid dienone is 1. The fourth-order valence-electron chi connectivity index (χ4n) is 3.23. The third-order valence-corrected chi connectivity index (χ3v) is 5.06. The monoisotopic (exact) mass is 451 g/mol. The first-order chi connectivity index (χ1) is 14.7. The minimum absolute atomic E-state index is 0.0777. The summed E-state index contributed by atoms with van der Waals surface area (Å²) in [4.78, 5) is 17.0. The van der Waals surface area contributed by atoms with E-state index in [1.54, 1.807) is 30.3 Å². The zero-order valence-corrected chi connectivity index (χ0v) is 16.6. The van der Waals surface area contributed by atoms with Gasteiger partial charge < -0.3 is 10.2 Å². The van der Waals surface area contributed by atoms with Crippen molar-refractivity contribution in [1.29, 1.82) is 0 Å². The van der Waals surface area contributed by atoms with E-state index in [9.17, 15) is 22.4 Å². The Morgan fingerprint density at radius 1 is 1.23 bits per heavy atom. The lowest BCUT2D eigenvalue weighted by Crippen LogP contribution is -2.29. The molecule has 1 aliphatic rings. The van der Waals surface area contributed by atoms with Gasteiger partial charge in [0.15, 0.2) is 5.62 Å². The fraction of sp³-hybridized carbons (Fsp3) is 0.150. The van der Waals surface area contributed by atoms with Crippen molar-refractivity contribution in [3.63, 3.8) is 0 Å². The first-order valence-electron chi connectivity index (χ1n) is 8.93. The molecular weight excluding hydrogens is 438 g/mol. The predicted molar refractivity (Wildman–Crippen MR) is 109 cm³/mol. The highest BCUT2D eigenvalue weighted by Crippen LogP contribution is 2.37. The topological polar surface area (TPSA) is 62.0 Å². The van der Waals surface area contributed by atoms with E-state index in [2.05, 4.69) is 10.1 Å². The van der Waals surface area contributed by atoms with E-state index in [1.807, 2.05) is 5.32 Å². The summed E-state index contributed by atoms with van der Waals surface area (Å²) in [6.45, 7) is 0. The van der Waals surface area contributed by atoms with Crippen LogP contribution >= 0.6 is 11.6 Å². The molecule has 1 unspecified atom stereocenters. The quantitative estimate of drug-likeness (QED) is 0.362. The molecule has 6 nitrogen and oxygen atoms in total. The number of amides is 1. The average molecular weight is 452 g/mol. The number of halogens is 5. The minimum atomic E-state index is -5.03. The number of alkyl halides is 4. The van der Waals surface area contributed by atoms with Crippen molar-refractivity contribution in [2.45, 2.75) is 11.8 Å². The van der Waals surface area contributed by atoms with E-state index in [1.165, 1.54) is 41.1 Å². The van der Waals surface area contributed by atoms with Gasteiger partial charge in [-0.3, -0.25) is 9.79 Å². The van der Waals surface area contributed by atoms with Crippen molar-refractivity contribution in [2.75, 3.05) is 12.4 Å². The normalized spacial score (nSPS) is 16.5. The number of fused-ring (bicyclic) bond motifs is 1. The van der Waals surface area contributed by atoms with Crippen LogP contribution in [0.4, 0.5) is 23.2 Å². The third-order valence-electron chi connectivity index (χ3n) is 4.66. The molecule has 1 aromatic carbocycles. The van der Waals surface area contributed by atoms with Crippen LogP contribution in [-0.4, -0.2) is 45.5 Å². The van der Waals surface area contributed by atoms with Gasteiger partial charge >= 0.3 is 12.1 Å². The van der Waals surface area contributed by atoms with Crippen molar-refractivity contribution in [3.05, 3.63) is 60.1 Å². The molecular formula is C20H14ClF4N5O. The van der Waals surface area contributed by atoms with E-state index >= 15 is 0 Å². The van der Waals surface area contributed by atoms with Gasteiger partial charge in [0.2, 0.25) is 0 Å². The van der Waals surface area contributed by atoms with Gasteiger partial charge in [-0.2, -0.15) is 18.3 Å².